The van der Waals surface area contributed by atoms with Gasteiger partial charge in [-0.1, -0.05) is 23.7 Å². The quantitative estimate of drug-likeness (QED) is 0.933. The fraction of sp³-hybridized carbons (Fsp3) is 0.286. The molecule has 1 aliphatic rings. The van der Waals surface area contributed by atoms with Crippen molar-refractivity contribution in [2.75, 3.05) is 0 Å². The van der Waals surface area contributed by atoms with E-state index in [0.717, 1.165) is 12.3 Å². The van der Waals surface area contributed by atoms with Crippen LogP contribution in [0.1, 0.15) is 18.4 Å². The summed E-state index contributed by atoms with van der Waals surface area (Å²) >= 11 is 5.64. The van der Waals surface area contributed by atoms with E-state index >= 15 is 0 Å². The van der Waals surface area contributed by atoms with Crippen LogP contribution >= 0.6 is 11.6 Å². The molecule has 5 heteroatoms. The zero-order valence-corrected chi connectivity index (χ0v) is 11.0. The molecule has 19 heavy (non-hydrogen) atoms. The van der Waals surface area contributed by atoms with Crippen molar-refractivity contribution in [3.05, 3.63) is 51.3 Å². The van der Waals surface area contributed by atoms with E-state index in [-0.39, 0.29) is 16.5 Å². The van der Waals surface area contributed by atoms with Gasteiger partial charge < -0.3 is 4.74 Å². The molecule has 0 saturated heterocycles. The van der Waals surface area contributed by atoms with Gasteiger partial charge in [-0.25, -0.2) is 0 Å². The first-order valence-corrected chi connectivity index (χ1v) is 6.60. The third-order valence-electron chi connectivity index (χ3n) is 3.07. The summed E-state index contributed by atoms with van der Waals surface area (Å²) in [5.41, 5.74) is 0.890. The molecule has 1 N–H and O–H groups in total. The lowest BCUT2D eigenvalue weighted by atomic mass is 10.1. The average molecular weight is 277 g/mol. The van der Waals surface area contributed by atoms with Gasteiger partial charge in [0.2, 0.25) is 5.43 Å². The molecule has 98 valence electrons. The van der Waals surface area contributed by atoms with E-state index in [0.29, 0.717) is 5.75 Å². The first-order valence-electron chi connectivity index (χ1n) is 6.23. The maximum Gasteiger partial charge on any atom is 0.285 e. The van der Waals surface area contributed by atoms with Gasteiger partial charge in [0.05, 0.1) is 0 Å². The summed E-state index contributed by atoms with van der Waals surface area (Å²) < 4.78 is 5.49. The van der Waals surface area contributed by atoms with Crippen LogP contribution in [-0.4, -0.2) is 10.2 Å². The van der Waals surface area contributed by atoms with E-state index in [2.05, 4.69) is 16.3 Å². The molecule has 0 spiro atoms. The van der Waals surface area contributed by atoms with Gasteiger partial charge in [0.1, 0.15) is 10.9 Å². The summed E-state index contributed by atoms with van der Waals surface area (Å²) in [4.78, 5) is 11.6. The second-order valence-electron chi connectivity index (χ2n) is 4.78. The zero-order valence-electron chi connectivity index (χ0n) is 10.2. The molecule has 0 unspecified atom stereocenters. The van der Waals surface area contributed by atoms with Crippen LogP contribution in [0, 0.1) is 5.92 Å². The Morgan fingerprint density at radius 1 is 1.37 bits per heavy atom. The number of hydrogen-bond donors (Lipinski definition) is 1. The Labute approximate surface area is 115 Å². The molecule has 2 aromatic rings. The monoisotopic (exact) mass is 276 g/mol. The fourth-order valence-electron chi connectivity index (χ4n) is 1.94. The van der Waals surface area contributed by atoms with Gasteiger partial charge in [0, 0.05) is 6.07 Å². The predicted molar refractivity (Wildman–Crippen MR) is 72.8 cm³/mol. The van der Waals surface area contributed by atoms with Crippen LogP contribution in [0.25, 0.3) is 0 Å². The second-order valence-corrected chi connectivity index (χ2v) is 5.19. The molecule has 1 saturated carbocycles. The summed E-state index contributed by atoms with van der Waals surface area (Å²) in [5.74, 6) is 1.44. The molecule has 4 nitrogen and oxygen atoms in total. The Balaban J connectivity index is 1.80. The SMILES string of the molecule is O=c1cc(Cl)[nH]nc1Oc1cccc(CC2CC2)c1. The lowest BCUT2D eigenvalue weighted by Crippen LogP contribution is -2.07. The van der Waals surface area contributed by atoms with E-state index in [1.807, 2.05) is 18.2 Å². The van der Waals surface area contributed by atoms with Crippen LogP contribution in [0.3, 0.4) is 0 Å². The van der Waals surface area contributed by atoms with E-state index in [9.17, 15) is 4.79 Å². The van der Waals surface area contributed by atoms with Crippen molar-refractivity contribution in [2.45, 2.75) is 19.3 Å². The highest BCUT2D eigenvalue weighted by atomic mass is 35.5. The van der Waals surface area contributed by atoms with Gasteiger partial charge in [0.25, 0.3) is 5.88 Å². The normalized spacial score (nSPS) is 14.4. The van der Waals surface area contributed by atoms with Crippen molar-refractivity contribution < 1.29 is 4.74 Å². The molecule has 0 aliphatic heterocycles. The third-order valence-corrected chi connectivity index (χ3v) is 3.26. The van der Waals surface area contributed by atoms with E-state index in [4.69, 9.17) is 16.3 Å². The molecule has 0 bridgehead atoms. The first kappa shape index (κ1) is 12.2. The number of ether oxygens (including phenoxy) is 1. The van der Waals surface area contributed by atoms with Crippen LogP contribution in [-0.2, 0) is 6.42 Å². The summed E-state index contributed by atoms with van der Waals surface area (Å²) in [6, 6.07) is 9.01. The highest BCUT2D eigenvalue weighted by Gasteiger charge is 2.21. The molecular formula is C14H13ClN2O2. The van der Waals surface area contributed by atoms with Crippen molar-refractivity contribution in [3.8, 4) is 11.6 Å². The largest absolute Gasteiger partial charge is 0.435 e. The summed E-state index contributed by atoms with van der Waals surface area (Å²) in [7, 11) is 0. The van der Waals surface area contributed by atoms with Crippen LogP contribution < -0.4 is 10.2 Å². The maximum absolute atomic E-state index is 11.6. The van der Waals surface area contributed by atoms with Crippen LogP contribution in [0.5, 0.6) is 11.6 Å². The highest BCUT2D eigenvalue weighted by molar-refractivity contribution is 6.29. The number of hydrogen-bond acceptors (Lipinski definition) is 3. The maximum atomic E-state index is 11.6. The standard InChI is InChI=1S/C14H13ClN2O2/c15-13-8-12(18)14(17-16-13)19-11-3-1-2-10(7-11)6-9-4-5-9/h1-3,7-9H,4-6H2,(H,16,18). The van der Waals surface area contributed by atoms with Crippen LogP contribution in [0.15, 0.2) is 35.1 Å². The number of halogens is 1. The molecule has 1 aromatic heterocycles. The van der Waals surface area contributed by atoms with E-state index < -0.39 is 0 Å². The Kier molecular flexibility index (Phi) is 3.25. The topological polar surface area (TPSA) is 55.0 Å². The average Bonchev–Trinajstić information content (AvgIpc) is 3.17. The van der Waals surface area contributed by atoms with Gasteiger partial charge >= 0.3 is 0 Å². The lowest BCUT2D eigenvalue weighted by molar-refractivity contribution is 0.449. The number of rotatable bonds is 4. The predicted octanol–water partition coefficient (Wildman–Crippen LogP) is 3.17. The molecule has 1 heterocycles. The van der Waals surface area contributed by atoms with E-state index in [1.54, 1.807) is 0 Å². The summed E-state index contributed by atoms with van der Waals surface area (Å²) in [5, 5.41) is 6.49. The van der Waals surface area contributed by atoms with Gasteiger partial charge in [-0.2, -0.15) is 0 Å². The Morgan fingerprint density at radius 3 is 2.95 bits per heavy atom. The molecule has 0 amide bonds. The number of aromatic amines is 1. The zero-order chi connectivity index (χ0) is 13.2. The molecule has 0 radical (unpaired) electrons. The molecule has 3 rings (SSSR count). The molecule has 0 atom stereocenters. The van der Waals surface area contributed by atoms with Gasteiger partial charge in [-0.15, -0.1) is 5.10 Å². The van der Waals surface area contributed by atoms with Crippen molar-refractivity contribution in [1.82, 2.24) is 10.2 Å². The number of aromatic nitrogens is 2. The van der Waals surface area contributed by atoms with Crippen molar-refractivity contribution >= 4 is 11.6 Å². The summed E-state index contributed by atoms with van der Waals surface area (Å²) in [6.45, 7) is 0. The van der Waals surface area contributed by atoms with E-state index in [1.165, 1.54) is 24.5 Å². The molecule has 1 aliphatic carbocycles. The van der Waals surface area contributed by atoms with Gasteiger partial charge in [-0.3, -0.25) is 9.89 Å². The molecular weight excluding hydrogens is 264 g/mol. The minimum Gasteiger partial charge on any atom is -0.435 e. The Bertz CT molecular complexity index is 650. The highest BCUT2D eigenvalue weighted by Crippen LogP contribution is 2.33. The van der Waals surface area contributed by atoms with Crippen LogP contribution in [0.2, 0.25) is 5.15 Å². The fourth-order valence-corrected chi connectivity index (χ4v) is 2.09. The smallest absolute Gasteiger partial charge is 0.285 e. The Hall–Kier alpha value is -1.81. The number of nitrogens with zero attached hydrogens (tertiary/aromatic N) is 1. The van der Waals surface area contributed by atoms with Gasteiger partial charge in [-0.05, 0) is 42.9 Å². The lowest BCUT2D eigenvalue weighted by Gasteiger charge is -2.06. The first-order chi connectivity index (χ1) is 9.20. The van der Waals surface area contributed by atoms with Crippen LogP contribution in [0.4, 0.5) is 0 Å². The van der Waals surface area contributed by atoms with Crippen molar-refractivity contribution in [1.29, 1.82) is 0 Å². The number of H-pyrrole nitrogens is 1. The molecule has 1 aromatic carbocycles. The number of nitrogens with one attached hydrogen (secondary N) is 1. The second kappa shape index (κ2) is 5.05. The third kappa shape index (κ3) is 3.15. The minimum absolute atomic E-state index is 0.00738. The summed E-state index contributed by atoms with van der Waals surface area (Å²) in [6.07, 6.45) is 3.69. The number of benzene rings is 1. The van der Waals surface area contributed by atoms with Gasteiger partial charge in [0.15, 0.2) is 0 Å². The van der Waals surface area contributed by atoms with Crippen molar-refractivity contribution in [2.24, 2.45) is 5.92 Å². The Morgan fingerprint density at radius 2 is 2.21 bits per heavy atom. The molecule has 1 fully saturated rings. The minimum atomic E-state index is -0.337. The van der Waals surface area contributed by atoms with Crippen molar-refractivity contribution in [3.63, 3.8) is 0 Å².